The van der Waals surface area contributed by atoms with Crippen LogP contribution in [0.3, 0.4) is 0 Å². The smallest absolute Gasteiger partial charge is 0.247 e. The molecule has 1 saturated carbocycles. The topological polar surface area (TPSA) is 38.8 Å². The minimum Gasteiger partial charge on any atom is -0.491 e. The number of carbonyl (C=O) groups is 1. The number of rotatable bonds is 8. The molecular weight excluding hydrogens is 381 g/mol. The van der Waals surface area contributed by atoms with Crippen LogP contribution < -0.4 is 9.47 Å². The van der Waals surface area contributed by atoms with Gasteiger partial charge in [0.05, 0.1) is 18.7 Å². The van der Waals surface area contributed by atoms with Crippen molar-refractivity contribution in [2.24, 2.45) is 0 Å². The minimum atomic E-state index is -0.298. The van der Waals surface area contributed by atoms with Crippen molar-refractivity contribution in [1.29, 1.82) is 0 Å². The largest absolute Gasteiger partial charge is 0.491 e. The summed E-state index contributed by atoms with van der Waals surface area (Å²) in [6, 6.07) is 10.2. The Morgan fingerprint density at radius 1 is 1.32 bits per heavy atom. The predicted octanol–water partition coefficient (Wildman–Crippen LogP) is 5.09. The Kier molecular flexibility index (Phi) is 6.57. The van der Waals surface area contributed by atoms with Crippen molar-refractivity contribution in [3.63, 3.8) is 0 Å². The number of hydrogen-bond donors (Lipinski definition) is 0. The summed E-state index contributed by atoms with van der Waals surface area (Å²) in [7, 11) is 1.53. The molecule has 1 fully saturated rings. The molecule has 0 N–H and O–H groups in total. The van der Waals surface area contributed by atoms with Gasteiger partial charge in [0.2, 0.25) is 5.91 Å². The molecule has 0 unspecified atom stereocenters. The van der Waals surface area contributed by atoms with E-state index in [4.69, 9.17) is 21.1 Å². The second-order valence-corrected chi connectivity index (χ2v) is 7.00. The van der Waals surface area contributed by atoms with E-state index in [1.165, 1.54) is 19.3 Å². The number of methoxy groups -OCH3 is 1. The molecule has 0 aromatic heterocycles. The van der Waals surface area contributed by atoms with Crippen LogP contribution in [0.15, 0.2) is 42.5 Å². The van der Waals surface area contributed by atoms with E-state index in [0.29, 0.717) is 28.7 Å². The third kappa shape index (κ3) is 4.84. The molecule has 2 aromatic rings. The molecule has 1 amide bonds. The Balaban J connectivity index is 1.78. The molecule has 28 heavy (non-hydrogen) atoms. The number of halogens is 2. The zero-order chi connectivity index (χ0) is 20.1. The molecule has 148 valence electrons. The van der Waals surface area contributed by atoms with Crippen LogP contribution in [0.25, 0.3) is 6.08 Å². The third-order valence-corrected chi connectivity index (χ3v) is 4.80. The van der Waals surface area contributed by atoms with Crippen molar-refractivity contribution in [1.82, 2.24) is 4.90 Å². The lowest BCUT2D eigenvalue weighted by molar-refractivity contribution is -0.127. The second kappa shape index (κ2) is 9.11. The number of benzene rings is 2. The van der Waals surface area contributed by atoms with Gasteiger partial charge < -0.3 is 14.4 Å². The van der Waals surface area contributed by atoms with Crippen LogP contribution in [0, 0.1) is 5.82 Å². The lowest BCUT2D eigenvalue weighted by Crippen LogP contribution is -2.31. The Hall–Kier alpha value is -2.53. The maximum atomic E-state index is 14.0. The average Bonchev–Trinajstić information content (AvgIpc) is 3.51. The number of hydrogen-bond acceptors (Lipinski definition) is 3. The van der Waals surface area contributed by atoms with Crippen LogP contribution >= 0.6 is 11.6 Å². The van der Waals surface area contributed by atoms with Crippen molar-refractivity contribution in [3.8, 4) is 11.5 Å². The van der Waals surface area contributed by atoms with E-state index in [0.717, 1.165) is 18.4 Å². The molecule has 0 atom stereocenters. The van der Waals surface area contributed by atoms with Crippen molar-refractivity contribution in [2.75, 3.05) is 13.7 Å². The molecule has 4 nitrogen and oxygen atoms in total. The Morgan fingerprint density at radius 3 is 2.71 bits per heavy atom. The molecule has 0 spiro atoms. The first-order valence-electron chi connectivity index (χ1n) is 9.26. The molecule has 0 bridgehead atoms. The fourth-order valence-electron chi connectivity index (χ4n) is 2.99. The highest BCUT2D eigenvalue weighted by Crippen LogP contribution is 2.37. The van der Waals surface area contributed by atoms with E-state index in [1.807, 2.05) is 6.92 Å². The Labute approximate surface area is 169 Å². The van der Waals surface area contributed by atoms with Gasteiger partial charge in [0.1, 0.15) is 5.82 Å². The first-order valence-corrected chi connectivity index (χ1v) is 9.63. The van der Waals surface area contributed by atoms with Gasteiger partial charge in [-0.3, -0.25) is 4.79 Å². The van der Waals surface area contributed by atoms with Crippen LogP contribution in [-0.2, 0) is 11.3 Å². The number of carbonyl (C=O) groups excluding carboxylic acids is 1. The number of nitrogens with zero attached hydrogens (tertiary/aromatic N) is 1. The van der Waals surface area contributed by atoms with E-state index < -0.39 is 0 Å². The Bertz CT molecular complexity index is 880. The number of amides is 1. The van der Waals surface area contributed by atoms with Gasteiger partial charge >= 0.3 is 0 Å². The van der Waals surface area contributed by atoms with E-state index in [1.54, 1.807) is 41.3 Å². The van der Waals surface area contributed by atoms with E-state index in [9.17, 15) is 9.18 Å². The maximum absolute atomic E-state index is 14.0. The summed E-state index contributed by atoms with van der Waals surface area (Å²) in [5, 5.41) is 0.408. The highest BCUT2D eigenvalue weighted by Gasteiger charge is 2.32. The normalized spacial score (nSPS) is 13.6. The van der Waals surface area contributed by atoms with Gasteiger partial charge in [0.15, 0.2) is 11.5 Å². The molecule has 0 heterocycles. The quantitative estimate of drug-likeness (QED) is 0.576. The summed E-state index contributed by atoms with van der Waals surface area (Å²) in [4.78, 5) is 14.5. The van der Waals surface area contributed by atoms with Gasteiger partial charge in [-0.05, 0) is 49.6 Å². The first-order chi connectivity index (χ1) is 13.5. The zero-order valence-corrected chi connectivity index (χ0v) is 16.7. The third-order valence-electron chi connectivity index (χ3n) is 4.52. The van der Waals surface area contributed by atoms with Crippen LogP contribution in [0.4, 0.5) is 4.39 Å². The predicted molar refractivity (Wildman–Crippen MR) is 108 cm³/mol. The summed E-state index contributed by atoms with van der Waals surface area (Å²) in [5.41, 5.74) is 1.24. The molecule has 0 saturated heterocycles. The summed E-state index contributed by atoms with van der Waals surface area (Å²) in [5.74, 6) is 0.532. The summed E-state index contributed by atoms with van der Waals surface area (Å²) in [6.07, 6.45) is 5.06. The van der Waals surface area contributed by atoms with Crippen molar-refractivity contribution >= 4 is 23.6 Å². The second-order valence-electron chi connectivity index (χ2n) is 6.59. The lowest BCUT2D eigenvalue weighted by atomic mass is 10.1. The standard InChI is InChI=1S/C22H23ClFNO3/c1-3-28-20-13-15(12-18(23)22(20)27-2)8-11-21(26)25(17-9-10-17)14-16-6-4-5-7-19(16)24/h4-8,11-13,17H,3,9-10,14H2,1-2H3/b11-8+. The SMILES string of the molecule is CCOc1cc(/C=C/C(=O)N(Cc2ccccc2F)C2CC2)cc(Cl)c1OC. The zero-order valence-electron chi connectivity index (χ0n) is 16.0. The fraction of sp³-hybridized carbons (Fsp3) is 0.318. The fourth-order valence-corrected chi connectivity index (χ4v) is 3.29. The first kappa shape index (κ1) is 20.2. The van der Waals surface area contributed by atoms with Crippen LogP contribution in [0.1, 0.15) is 30.9 Å². The average molecular weight is 404 g/mol. The molecule has 6 heteroatoms. The van der Waals surface area contributed by atoms with Crippen LogP contribution in [0.5, 0.6) is 11.5 Å². The molecule has 2 aromatic carbocycles. The van der Waals surface area contributed by atoms with Crippen LogP contribution in [0.2, 0.25) is 5.02 Å². The Morgan fingerprint density at radius 2 is 2.07 bits per heavy atom. The van der Waals surface area contributed by atoms with E-state index >= 15 is 0 Å². The highest BCUT2D eigenvalue weighted by molar-refractivity contribution is 6.32. The molecule has 0 aliphatic heterocycles. The lowest BCUT2D eigenvalue weighted by Gasteiger charge is -2.21. The van der Waals surface area contributed by atoms with Gasteiger partial charge in [0.25, 0.3) is 0 Å². The van der Waals surface area contributed by atoms with Gasteiger partial charge in [-0.1, -0.05) is 29.8 Å². The molecule has 3 rings (SSSR count). The maximum Gasteiger partial charge on any atom is 0.247 e. The van der Waals surface area contributed by atoms with E-state index in [-0.39, 0.29) is 24.3 Å². The molecule has 1 aliphatic rings. The van der Waals surface area contributed by atoms with E-state index in [2.05, 4.69) is 0 Å². The van der Waals surface area contributed by atoms with Gasteiger partial charge in [0, 0.05) is 24.2 Å². The number of ether oxygens (including phenoxy) is 2. The van der Waals surface area contributed by atoms with Crippen LogP contribution in [-0.4, -0.2) is 30.6 Å². The summed E-state index contributed by atoms with van der Waals surface area (Å²) in [6.45, 7) is 2.60. The molecule has 1 aliphatic carbocycles. The van der Waals surface area contributed by atoms with Crippen molar-refractivity contribution in [3.05, 3.63) is 64.4 Å². The summed E-state index contributed by atoms with van der Waals surface area (Å²) >= 11 is 6.26. The monoisotopic (exact) mass is 403 g/mol. The van der Waals surface area contributed by atoms with Crippen molar-refractivity contribution < 1.29 is 18.7 Å². The minimum absolute atomic E-state index is 0.157. The highest BCUT2D eigenvalue weighted by atomic mass is 35.5. The van der Waals surface area contributed by atoms with Crippen molar-refractivity contribution in [2.45, 2.75) is 32.4 Å². The molecular formula is C22H23ClFNO3. The van der Waals surface area contributed by atoms with Gasteiger partial charge in [-0.25, -0.2) is 4.39 Å². The summed E-state index contributed by atoms with van der Waals surface area (Å²) < 4.78 is 24.8. The van der Waals surface area contributed by atoms with Gasteiger partial charge in [-0.15, -0.1) is 0 Å². The van der Waals surface area contributed by atoms with Gasteiger partial charge in [-0.2, -0.15) is 0 Å². The molecule has 0 radical (unpaired) electrons.